The van der Waals surface area contributed by atoms with Crippen LogP contribution in [0.5, 0.6) is 0 Å². The highest BCUT2D eigenvalue weighted by atomic mass is 35.5. The molecule has 2 aromatic carbocycles. The fourth-order valence-electron chi connectivity index (χ4n) is 1.77. The van der Waals surface area contributed by atoms with Gasteiger partial charge in [-0.2, -0.15) is 0 Å². The van der Waals surface area contributed by atoms with Crippen LogP contribution >= 0.6 is 23.2 Å². The van der Waals surface area contributed by atoms with Gasteiger partial charge in [0.15, 0.2) is 0 Å². The van der Waals surface area contributed by atoms with E-state index in [4.69, 9.17) is 28.3 Å². The molecule has 0 unspecified atom stereocenters. The molecule has 0 atom stereocenters. The summed E-state index contributed by atoms with van der Waals surface area (Å²) in [7, 11) is -3.89. The van der Waals surface area contributed by atoms with Gasteiger partial charge in [-0.05, 0) is 29.8 Å². The summed E-state index contributed by atoms with van der Waals surface area (Å²) in [5.41, 5.74) is 0.862. The lowest BCUT2D eigenvalue weighted by atomic mass is 10.1. The van der Waals surface area contributed by atoms with E-state index in [1.165, 1.54) is 42.5 Å². The van der Waals surface area contributed by atoms with Crippen molar-refractivity contribution in [1.29, 1.82) is 0 Å². The lowest BCUT2D eigenvalue weighted by molar-refractivity contribution is -0.136. The molecular formula is C14H11Cl2NO4S. The minimum absolute atomic E-state index is 0.0563. The van der Waals surface area contributed by atoms with Gasteiger partial charge >= 0.3 is 5.97 Å². The van der Waals surface area contributed by atoms with Crippen LogP contribution in [0.4, 0.5) is 5.69 Å². The van der Waals surface area contributed by atoms with Crippen molar-refractivity contribution in [3.63, 3.8) is 0 Å². The third-order valence-corrected chi connectivity index (χ3v) is 5.12. The number of rotatable bonds is 5. The third kappa shape index (κ3) is 3.91. The molecule has 0 aliphatic carbocycles. The number of halogens is 2. The van der Waals surface area contributed by atoms with Gasteiger partial charge in [0.2, 0.25) is 0 Å². The van der Waals surface area contributed by atoms with Crippen LogP contribution in [0.15, 0.2) is 47.4 Å². The van der Waals surface area contributed by atoms with E-state index in [1.807, 2.05) is 0 Å². The zero-order valence-corrected chi connectivity index (χ0v) is 13.4. The fraction of sp³-hybridized carbons (Fsp3) is 0.0714. The molecule has 5 nitrogen and oxygen atoms in total. The van der Waals surface area contributed by atoms with Gasteiger partial charge in [0.25, 0.3) is 10.0 Å². The Kier molecular flexibility index (Phi) is 4.95. The van der Waals surface area contributed by atoms with Crippen LogP contribution in [0.3, 0.4) is 0 Å². The molecule has 0 bridgehead atoms. The van der Waals surface area contributed by atoms with E-state index in [9.17, 15) is 13.2 Å². The molecule has 2 N–H and O–H groups in total. The molecule has 0 fully saturated rings. The maximum Gasteiger partial charge on any atom is 0.307 e. The summed E-state index contributed by atoms with van der Waals surface area (Å²) in [5, 5.41) is 8.77. The lowest BCUT2D eigenvalue weighted by Crippen LogP contribution is -2.13. The summed E-state index contributed by atoms with van der Waals surface area (Å²) in [6.45, 7) is 0. The highest BCUT2D eigenvalue weighted by molar-refractivity contribution is 7.92. The number of carboxylic acids is 1. The van der Waals surface area contributed by atoms with Gasteiger partial charge in [-0.1, -0.05) is 41.4 Å². The van der Waals surface area contributed by atoms with Crippen molar-refractivity contribution in [3.05, 3.63) is 58.1 Å². The van der Waals surface area contributed by atoms with Gasteiger partial charge in [0.05, 0.1) is 16.5 Å². The molecule has 2 aromatic rings. The summed E-state index contributed by atoms with van der Waals surface area (Å²) in [6, 6.07) is 10.3. The Morgan fingerprint density at radius 2 is 1.73 bits per heavy atom. The summed E-state index contributed by atoms with van der Waals surface area (Å²) < 4.78 is 26.9. The van der Waals surface area contributed by atoms with E-state index < -0.39 is 16.0 Å². The first-order chi connectivity index (χ1) is 10.3. The smallest absolute Gasteiger partial charge is 0.307 e. The zero-order chi connectivity index (χ0) is 16.3. The zero-order valence-electron chi connectivity index (χ0n) is 11.1. The van der Waals surface area contributed by atoms with E-state index in [1.54, 1.807) is 0 Å². The molecule has 0 heterocycles. The quantitative estimate of drug-likeness (QED) is 0.856. The standard InChI is InChI=1S/C14H11Cl2NO4S/c15-11-2-1-3-12(14(11)16)22(20,21)17-10-6-4-9(5-7-10)8-13(18)19/h1-7,17H,8H2,(H,18,19). The Balaban J connectivity index is 2.25. The van der Waals surface area contributed by atoms with E-state index in [-0.39, 0.29) is 21.4 Å². The Hall–Kier alpha value is -1.76. The molecule has 0 saturated heterocycles. The highest BCUT2D eigenvalue weighted by Gasteiger charge is 2.19. The molecule has 8 heteroatoms. The van der Waals surface area contributed by atoms with Crippen LogP contribution in [-0.2, 0) is 21.2 Å². The number of aliphatic carboxylic acids is 1. The van der Waals surface area contributed by atoms with Crippen molar-refractivity contribution in [3.8, 4) is 0 Å². The predicted molar refractivity (Wildman–Crippen MR) is 85.1 cm³/mol. The molecular weight excluding hydrogens is 349 g/mol. The van der Waals surface area contributed by atoms with Crippen molar-refractivity contribution in [2.24, 2.45) is 0 Å². The lowest BCUT2D eigenvalue weighted by Gasteiger charge is -2.10. The number of benzene rings is 2. The number of nitrogens with one attached hydrogen (secondary N) is 1. The van der Waals surface area contributed by atoms with Gasteiger partial charge in [-0.25, -0.2) is 8.42 Å². The number of carboxylic acid groups (broad SMARTS) is 1. The van der Waals surface area contributed by atoms with Gasteiger partial charge in [-0.3, -0.25) is 9.52 Å². The number of carbonyl (C=O) groups is 1. The van der Waals surface area contributed by atoms with E-state index in [2.05, 4.69) is 4.72 Å². The Morgan fingerprint density at radius 3 is 2.32 bits per heavy atom. The maximum atomic E-state index is 12.3. The van der Waals surface area contributed by atoms with Crippen LogP contribution in [0, 0.1) is 0 Å². The molecule has 116 valence electrons. The average Bonchev–Trinajstić information content (AvgIpc) is 2.43. The second-order valence-corrected chi connectivity index (χ2v) is 6.86. The normalized spacial score (nSPS) is 11.2. The summed E-state index contributed by atoms with van der Waals surface area (Å²) >= 11 is 11.7. The summed E-state index contributed by atoms with van der Waals surface area (Å²) in [6.07, 6.45) is -0.132. The maximum absolute atomic E-state index is 12.3. The first-order valence-corrected chi connectivity index (χ1v) is 8.31. The summed E-state index contributed by atoms with van der Waals surface area (Å²) in [5.74, 6) is -0.959. The molecule has 0 aliphatic heterocycles. The van der Waals surface area contributed by atoms with Crippen molar-refractivity contribution in [1.82, 2.24) is 0 Å². The fourth-order valence-corrected chi connectivity index (χ4v) is 3.59. The Labute approximate surface area is 137 Å². The second kappa shape index (κ2) is 6.56. The average molecular weight is 360 g/mol. The molecule has 0 radical (unpaired) electrons. The van der Waals surface area contributed by atoms with Crippen LogP contribution in [0.1, 0.15) is 5.56 Å². The molecule has 2 rings (SSSR count). The monoisotopic (exact) mass is 359 g/mol. The van der Waals surface area contributed by atoms with Crippen molar-refractivity contribution >= 4 is 44.9 Å². The van der Waals surface area contributed by atoms with Gasteiger partial charge in [-0.15, -0.1) is 0 Å². The van der Waals surface area contributed by atoms with Gasteiger partial charge < -0.3 is 5.11 Å². The molecule has 0 saturated carbocycles. The molecule has 0 spiro atoms. The van der Waals surface area contributed by atoms with Crippen LogP contribution in [0.2, 0.25) is 10.0 Å². The third-order valence-electron chi connectivity index (χ3n) is 2.77. The highest BCUT2D eigenvalue weighted by Crippen LogP contribution is 2.30. The van der Waals surface area contributed by atoms with Crippen LogP contribution in [-0.4, -0.2) is 19.5 Å². The minimum Gasteiger partial charge on any atom is -0.481 e. The predicted octanol–water partition coefficient (Wildman–Crippen LogP) is 3.42. The molecule has 0 aliphatic rings. The largest absolute Gasteiger partial charge is 0.481 e. The van der Waals surface area contributed by atoms with Gasteiger partial charge in [0, 0.05) is 5.69 Å². The Bertz CT molecular complexity index is 804. The molecule has 0 aromatic heterocycles. The number of hydrogen-bond donors (Lipinski definition) is 2. The SMILES string of the molecule is O=C(O)Cc1ccc(NS(=O)(=O)c2cccc(Cl)c2Cl)cc1. The number of sulfonamides is 1. The van der Waals surface area contributed by atoms with Crippen molar-refractivity contribution in [2.45, 2.75) is 11.3 Å². The minimum atomic E-state index is -3.89. The van der Waals surface area contributed by atoms with Crippen LogP contribution < -0.4 is 4.72 Å². The first-order valence-electron chi connectivity index (χ1n) is 6.07. The van der Waals surface area contributed by atoms with Crippen molar-refractivity contribution in [2.75, 3.05) is 4.72 Å². The molecule has 0 amide bonds. The van der Waals surface area contributed by atoms with Gasteiger partial charge in [0.1, 0.15) is 4.90 Å². The van der Waals surface area contributed by atoms with E-state index in [0.29, 0.717) is 11.3 Å². The second-order valence-electron chi connectivity index (χ2n) is 4.42. The summed E-state index contributed by atoms with van der Waals surface area (Å²) in [4.78, 5) is 10.5. The Morgan fingerprint density at radius 1 is 1.09 bits per heavy atom. The van der Waals surface area contributed by atoms with E-state index in [0.717, 1.165) is 0 Å². The molecule has 22 heavy (non-hydrogen) atoms. The first kappa shape index (κ1) is 16.6. The number of hydrogen-bond acceptors (Lipinski definition) is 3. The number of anilines is 1. The van der Waals surface area contributed by atoms with E-state index >= 15 is 0 Å². The topological polar surface area (TPSA) is 83.5 Å². The van der Waals surface area contributed by atoms with Crippen molar-refractivity contribution < 1.29 is 18.3 Å². The van der Waals surface area contributed by atoms with Crippen LogP contribution in [0.25, 0.3) is 0 Å².